The van der Waals surface area contributed by atoms with Gasteiger partial charge >= 0.3 is 13.6 Å². The Morgan fingerprint density at radius 3 is 2.27 bits per heavy atom. The Balaban J connectivity index is 1.68. The Morgan fingerprint density at radius 1 is 1.03 bits per heavy atom. The number of fused-ring (bicyclic) bond motifs is 1. The molecule has 0 bridgehead atoms. The number of nitrogens with one attached hydrogen (secondary N) is 1. The molecule has 10 heteroatoms. The fourth-order valence-corrected chi connectivity index (χ4v) is 4.95. The molecule has 0 aliphatic carbocycles. The SMILES string of the molecule is CCOP(=O)(Cc1ccc(C(=O)N[C@@H](Cc2cnc3ccccc3n2)C(=O)O)cc1)OCC. The van der Waals surface area contributed by atoms with E-state index in [2.05, 4.69) is 15.3 Å². The highest BCUT2D eigenvalue weighted by Crippen LogP contribution is 2.51. The van der Waals surface area contributed by atoms with Crippen molar-refractivity contribution in [2.75, 3.05) is 13.2 Å². The largest absolute Gasteiger partial charge is 0.480 e. The lowest BCUT2D eigenvalue weighted by Crippen LogP contribution is -2.42. The van der Waals surface area contributed by atoms with Crippen molar-refractivity contribution in [1.29, 1.82) is 0 Å². The molecule has 33 heavy (non-hydrogen) atoms. The maximum Gasteiger partial charge on any atom is 0.335 e. The van der Waals surface area contributed by atoms with E-state index in [-0.39, 0.29) is 31.4 Å². The molecule has 0 aliphatic rings. The van der Waals surface area contributed by atoms with Gasteiger partial charge in [-0.2, -0.15) is 0 Å². The van der Waals surface area contributed by atoms with E-state index in [1.54, 1.807) is 44.2 Å². The van der Waals surface area contributed by atoms with Crippen LogP contribution in [0.5, 0.6) is 0 Å². The molecular formula is C23H26N3O6P. The summed E-state index contributed by atoms with van der Waals surface area (Å²) in [5.41, 5.74) is 2.77. The Bertz CT molecular complexity index is 1160. The number of carbonyl (C=O) groups excluding carboxylic acids is 1. The molecule has 1 aromatic heterocycles. The summed E-state index contributed by atoms with van der Waals surface area (Å²) in [5.74, 6) is -1.72. The van der Waals surface area contributed by atoms with Crippen molar-refractivity contribution in [3.63, 3.8) is 0 Å². The van der Waals surface area contributed by atoms with E-state index in [0.29, 0.717) is 22.3 Å². The minimum absolute atomic E-state index is 0.0110. The van der Waals surface area contributed by atoms with Crippen LogP contribution in [0.4, 0.5) is 0 Å². The van der Waals surface area contributed by atoms with Gasteiger partial charge in [0.2, 0.25) is 0 Å². The Morgan fingerprint density at radius 2 is 1.67 bits per heavy atom. The molecule has 2 N–H and O–H groups in total. The van der Waals surface area contributed by atoms with Crippen molar-refractivity contribution in [2.45, 2.75) is 32.5 Å². The van der Waals surface area contributed by atoms with Gasteiger partial charge in [0.1, 0.15) is 6.04 Å². The smallest absolute Gasteiger partial charge is 0.335 e. The van der Waals surface area contributed by atoms with Gasteiger partial charge in [-0.1, -0.05) is 24.3 Å². The van der Waals surface area contributed by atoms with E-state index in [9.17, 15) is 19.3 Å². The summed E-state index contributed by atoms with van der Waals surface area (Å²) < 4.78 is 23.3. The van der Waals surface area contributed by atoms with Crippen LogP contribution in [-0.4, -0.2) is 46.2 Å². The predicted octanol–water partition coefficient (Wildman–Crippen LogP) is 3.82. The second kappa shape index (κ2) is 11.1. The highest BCUT2D eigenvalue weighted by molar-refractivity contribution is 7.53. The van der Waals surface area contributed by atoms with E-state index in [1.807, 2.05) is 18.2 Å². The van der Waals surface area contributed by atoms with Crippen LogP contribution in [0.2, 0.25) is 0 Å². The lowest BCUT2D eigenvalue weighted by Gasteiger charge is -2.17. The topological polar surface area (TPSA) is 128 Å². The standard InChI is InChI=1S/C23H26N3O6P/c1-3-31-33(30,32-4-2)15-16-9-11-17(12-10-16)22(27)26-21(23(28)29)13-18-14-24-19-7-5-6-8-20(19)25-18/h5-12,14,21H,3-4,13,15H2,1-2H3,(H,26,27)(H,28,29)/t21-/m0/s1. The first-order valence-electron chi connectivity index (χ1n) is 10.5. The maximum atomic E-state index is 12.7. The van der Waals surface area contributed by atoms with Gasteiger partial charge in [0, 0.05) is 18.2 Å². The third kappa shape index (κ3) is 6.68. The number of aliphatic carboxylic acids is 1. The molecule has 0 fully saturated rings. The van der Waals surface area contributed by atoms with Crippen molar-refractivity contribution in [1.82, 2.24) is 15.3 Å². The van der Waals surface area contributed by atoms with Gasteiger partial charge in [-0.25, -0.2) is 9.78 Å². The number of nitrogens with zero attached hydrogens (tertiary/aromatic N) is 2. The zero-order chi connectivity index (χ0) is 23.8. The van der Waals surface area contributed by atoms with Crippen LogP contribution in [0.3, 0.4) is 0 Å². The quantitative estimate of drug-likeness (QED) is 0.404. The highest BCUT2D eigenvalue weighted by atomic mass is 31.2. The van der Waals surface area contributed by atoms with Crippen molar-refractivity contribution in [2.24, 2.45) is 0 Å². The average Bonchev–Trinajstić information content (AvgIpc) is 2.79. The van der Waals surface area contributed by atoms with Crippen LogP contribution < -0.4 is 5.32 Å². The van der Waals surface area contributed by atoms with Gasteiger partial charge in [-0.05, 0) is 43.7 Å². The number of carboxylic acids is 1. The van der Waals surface area contributed by atoms with Gasteiger partial charge < -0.3 is 19.5 Å². The molecule has 9 nitrogen and oxygen atoms in total. The molecule has 3 aromatic rings. The number of carbonyl (C=O) groups is 2. The molecule has 0 spiro atoms. The lowest BCUT2D eigenvalue weighted by atomic mass is 10.1. The third-order valence-electron chi connectivity index (χ3n) is 4.76. The van der Waals surface area contributed by atoms with Crippen molar-refractivity contribution in [3.8, 4) is 0 Å². The Hall–Kier alpha value is -3.13. The Labute approximate surface area is 191 Å². The fraction of sp³-hybridized carbons (Fsp3) is 0.304. The normalized spacial score (nSPS) is 12.4. The van der Waals surface area contributed by atoms with Crippen molar-refractivity contribution < 1.29 is 28.3 Å². The first kappa shape index (κ1) is 24.5. The summed E-state index contributed by atoms with van der Waals surface area (Å²) in [6, 6.07) is 12.5. The van der Waals surface area contributed by atoms with Crippen molar-refractivity contribution in [3.05, 3.63) is 71.5 Å². The fourth-order valence-electron chi connectivity index (χ4n) is 3.25. The molecule has 3 rings (SSSR count). The minimum atomic E-state index is -3.26. The minimum Gasteiger partial charge on any atom is -0.480 e. The molecule has 1 heterocycles. The van der Waals surface area contributed by atoms with Gasteiger partial charge in [0.25, 0.3) is 5.91 Å². The molecule has 174 valence electrons. The summed E-state index contributed by atoms with van der Waals surface area (Å²) in [6.45, 7) is 3.99. The van der Waals surface area contributed by atoms with Crippen LogP contribution in [0, 0.1) is 0 Å². The van der Waals surface area contributed by atoms with Crippen molar-refractivity contribution >= 4 is 30.5 Å². The summed E-state index contributed by atoms with van der Waals surface area (Å²) in [5, 5.41) is 12.1. The first-order valence-corrected chi connectivity index (χ1v) is 12.3. The molecule has 0 saturated carbocycles. The first-order chi connectivity index (χ1) is 15.8. The summed E-state index contributed by atoms with van der Waals surface area (Å²) in [4.78, 5) is 33.1. The lowest BCUT2D eigenvalue weighted by molar-refractivity contribution is -0.139. The molecular weight excluding hydrogens is 445 g/mol. The highest BCUT2D eigenvalue weighted by Gasteiger charge is 2.25. The molecule has 0 unspecified atom stereocenters. The number of carboxylic acid groups (broad SMARTS) is 1. The molecule has 0 radical (unpaired) electrons. The van der Waals surface area contributed by atoms with Crippen LogP contribution >= 0.6 is 7.60 Å². The number of aromatic nitrogens is 2. The van der Waals surface area contributed by atoms with Crippen LogP contribution in [-0.2, 0) is 31.0 Å². The van der Waals surface area contributed by atoms with Crippen LogP contribution in [0.25, 0.3) is 11.0 Å². The maximum absolute atomic E-state index is 12.7. The molecule has 2 aromatic carbocycles. The zero-order valence-electron chi connectivity index (χ0n) is 18.4. The summed E-state index contributed by atoms with van der Waals surface area (Å²) in [6.07, 6.45) is 1.58. The summed E-state index contributed by atoms with van der Waals surface area (Å²) >= 11 is 0. The van der Waals surface area contributed by atoms with Gasteiger partial charge in [0.15, 0.2) is 0 Å². The number of benzene rings is 2. The molecule has 1 amide bonds. The average molecular weight is 471 g/mol. The number of hydrogen-bond acceptors (Lipinski definition) is 7. The number of amides is 1. The molecule has 0 saturated heterocycles. The van der Waals surface area contributed by atoms with E-state index in [0.717, 1.165) is 0 Å². The Kier molecular flexibility index (Phi) is 8.27. The van der Waals surface area contributed by atoms with E-state index in [4.69, 9.17) is 9.05 Å². The number of para-hydroxylation sites is 2. The second-order valence-electron chi connectivity index (χ2n) is 7.22. The monoisotopic (exact) mass is 471 g/mol. The van der Waals surface area contributed by atoms with Crippen LogP contribution in [0.1, 0.15) is 35.5 Å². The van der Waals surface area contributed by atoms with Gasteiger partial charge in [-0.3, -0.25) is 14.3 Å². The molecule has 0 aliphatic heterocycles. The van der Waals surface area contributed by atoms with Gasteiger partial charge in [-0.15, -0.1) is 0 Å². The van der Waals surface area contributed by atoms with E-state index in [1.165, 1.54) is 6.20 Å². The van der Waals surface area contributed by atoms with Crippen LogP contribution in [0.15, 0.2) is 54.7 Å². The third-order valence-corrected chi connectivity index (χ3v) is 6.81. The molecule has 1 atom stereocenters. The van der Waals surface area contributed by atoms with E-state index < -0.39 is 25.5 Å². The van der Waals surface area contributed by atoms with E-state index >= 15 is 0 Å². The summed E-state index contributed by atoms with van der Waals surface area (Å²) in [7, 11) is -3.26. The zero-order valence-corrected chi connectivity index (χ0v) is 19.3. The number of rotatable bonds is 11. The number of hydrogen-bond donors (Lipinski definition) is 2. The van der Waals surface area contributed by atoms with Gasteiger partial charge in [0.05, 0.1) is 36.1 Å². The predicted molar refractivity (Wildman–Crippen MR) is 123 cm³/mol. The second-order valence-corrected chi connectivity index (χ2v) is 9.27.